The van der Waals surface area contributed by atoms with Gasteiger partial charge in [0.1, 0.15) is 5.82 Å². The van der Waals surface area contributed by atoms with E-state index in [2.05, 4.69) is 15.3 Å². The van der Waals surface area contributed by atoms with Crippen LogP contribution in [0.5, 0.6) is 0 Å². The van der Waals surface area contributed by atoms with Crippen LogP contribution in [-0.2, 0) is 16.0 Å². The molecule has 1 atom stereocenters. The second kappa shape index (κ2) is 8.68. The summed E-state index contributed by atoms with van der Waals surface area (Å²) < 4.78 is 5.06. The molecular weight excluding hydrogens is 280 g/mol. The molecule has 1 aromatic rings. The zero-order chi connectivity index (χ0) is 15.8. The van der Waals surface area contributed by atoms with Crippen molar-refractivity contribution < 1.29 is 9.53 Å². The summed E-state index contributed by atoms with van der Waals surface area (Å²) in [7, 11) is 1.69. The zero-order valence-electron chi connectivity index (χ0n) is 13.5. The first-order valence-electron chi connectivity index (χ1n) is 7.99. The first-order valence-corrected chi connectivity index (χ1v) is 7.99. The molecule has 1 amide bonds. The van der Waals surface area contributed by atoms with Gasteiger partial charge in [-0.1, -0.05) is 0 Å². The lowest BCUT2D eigenvalue weighted by molar-refractivity contribution is -0.128. The highest BCUT2D eigenvalue weighted by Crippen LogP contribution is 2.23. The van der Waals surface area contributed by atoms with Gasteiger partial charge >= 0.3 is 0 Å². The van der Waals surface area contributed by atoms with Gasteiger partial charge in [0.2, 0.25) is 5.91 Å². The van der Waals surface area contributed by atoms with E-state index >= 15 is 0 Å². The lowest BCUT2D eigenvalue weighted by Crippen LogP contribution is -2.29. The van der Waals surface area contributed by atoms with Crippen LogP contribution in [0.3, 0.4) is 0 Å². The molecule has 1 aliphatic rings. The monoisotopic (exact) mass is 306 g/mol. The molecule has 0 radical (unpaired) electrons. The predicted molar refractivity (Wildman–Crippen MR) is 85.7 cm³/mol. The molecule has 1 N–H and O–H groups in total. The summed E-state index contributed by atoms with van der Waals surface area (Å²) in [5, 5.41) is 3.28. The molecule has 1 aromatic heterocycles. The number of hydrogen-bond donors (Lipinski definition) is 1. The highest BCUT2D eigenvalue weighted by Gasteiger charge is 2.20. The maximum absolute atomic E-state index is 11.5. The van der Waals surface area contributed by atoms with Crippen LogP contribution in [0.1, 0.15) is 31.9 Å². The minimum atomic E-state index is 0.182. The molecule has 6 heteroatoms. The van der Waals surface area contributed by atoms with Crippen LogP contribution in [0.4, 0.5) is 5.82 Å². The van der Waals surface area contributed by atoms with Gasteiger partial charge in [-0.2, -0.15) is 0 Å². The van der Waals surface area contributed by atoms with E-state index < -0.39 is 0 Å². The number of aromatic nitrogens is 2. The minimum absolute atomic E-state index is 0.182. The molecule has 1 saturated heterocycles. The molecule has 0 spiro atoms. The smallest absolute Gasteiger partial charge is 0.219 e. The Bertz CT molecular complexity index is 481. The number of amides is 1. The number of nitrogens with one attached hydrogen (secondary N) is 1. The van der Waals surface area contributed by atoms with Crippen molar-refractivity contribution >= 4 is 11.7 Å². The van der Waals surface area contributed by atoms with Gasteiger partial charge in [0.05, 0.1) is 12.3 Å². The molecule has 0 bridgehead atoms. The van der Waals surface area contributed by atoms with Gasteiger partial charge in [0, 0.05) is 46.1 Å². The maximum Gasteiger partial charge on any atom is 0.219 e. The van der Waals surface area contributed by atoms with Crippen molar-refractivity contribution in [2.75, 3.05) is 38.7 Å². The zero-order valence-corrected chi connectivity index (χ0v) is 13.5. The first-order chi connectivity index (χ1) is 10.7. The molecule has 1 unspecified atom stereocenters. The Hall–Kier alpha value is -1.69. The second-order valence-corrected chi connectivity index (χ2v) is 5.78. The lowest BCUT2D eigenvalue weighted by atomic mass is 9.95. The highest BCUT2D eigenvalue weighted by atomic mass is 16.5. The summed E-state index contributed by atoms with van der Waals surface area (Å²) in [5.41, 5.74) is 1.01. The fraction of sp³-hybridized carbons (Fsp3) is 0.688. The first kappa shape index (κ1) is 16.7. The fourth-order valence-corrected chi connectivity index (χ4v) is 2.89. The van der Waals surface area contributed by atoms with E-state index in [4.69, 9.17) is 4.74 Å². The fourth-order valence-electron chi connectivity index (χ4n) is 2.89. The number of nitrogens with zero attached hydrogens (tertiary/aromatic N) is 3. The summed E-state index contributed by atoms with van der Waals surface area (Å²) in [5.74, 6) is 1.60. The minimum Gasteiger partial charge on any atom is -0.383 e. The Balaban J connectivity index is 1.94. The molecule has 22 heavy (non-hydrogen) atoms. The van der Waals surface area contributed by atoms with Crippen molar-refractivity contribution in [1.82, 2.24) is 14.9 Å². The summed E-state index contributed by atoms with van der Waals surface area (Å²) in [6, 6.07) is 0. The summed E-state index contributed by atoms with van der Waals surface area (Å²) in [4.78, 5) is 22.3. The molecule has 6 nitrogen and oxygen atoms in total. The molecule has 2 heterocycles. The number of methoxy groups -OCH3 is 1. The maximum atomic E-state index is 11.5. The van der Waals surface area contributed by atoms with Gasteiger partial charge < -0.3 is 15.0 Å². The van der Waals surface area contributed by atoms with Crippen molar-refractivity contribution in [1.29, 1.82) is 0 Å². The Kier molecular flexibility index (Phi) is 6.58. The second-order valence-electron chi connectivity index (χ2n) is 5.78. The van der Waals surface area contributed by atoms with Gasteiger partial charge in [0.15, 0.2) is 0 Å². The van der Waals surface area contributed by atoms with Crippen molar-refractivity contribution in [2.45, 2.75) is 32.6 Å². The number of rotatable bonds is 6. The van der Waals surface area contributed by atoms with E-state index in [1.165, 1.54) is 0 Å². The van der Waals surface area contributed by atoms with Gasteiger partial charge in [-0.25, -0.2) is 4.98 Å². The van der Waals surface area contributed by atoms with Crippen LogP contribution in [0.25, 0.3) is 0 Å². The number of carbonyl (C=O) groups excluding carboxylic acids is 1. The number of hydrogen-bond acceptors (Lipinski definition) is 5. The highest BCUT2D eigenvalue weighted by molar-refractivity contribution is 5.73. The molecule has 0 saturated carbocycles. The van der Waals surface area contributed by atoms with Crippen LogP contribution in [0.2, 0.25) is 0 Å². The Morgan fingerprint density at radius 1 is 1.36 bits per heavy atom. The lowest BCUT2D eigenvalue weighted by Gasteiger charge is -2.18. The number of anilines is 1. The van der Waals surface area contributed by atoms with Crippen LogP contribution in [0, 0.1) is 5.92 Å². The molecular formula is C16H26N4O2. The Morgan fingerprint density at radius 3 is 2.95 bits per heavy atom. The van der Waals surface area contributed by atoms with Crippen LogP contribution in [-0.4, -0.2) is 54.1 Å². The molecule has 0 aromatic carbocycles. The average Bonchev–Trinajstić information content (AvgIpc) is 2.75. The Labute approximate surface area is 132 Å². The molecule has 1 fully saturated rings. The molecule has 122 valence electrons. The van der Waals surface area contributed by atoms with E-state index in [0.717, 1.165) is 56.8 Å². The average molecular weight is 306 g/mol. The third-order valence-electron chi connectivity index (χ3n) is 4.15. The van der Waals surface area contributed by atoms with Gasteiger partial charge in [-0.3, -0.25) is 9.78 Å². The van der Waals surface area contributed by atoms with Crippen molar-refractivity contribution in [3.05, 3.63) is 18.1 Å². The van der Waals surface area contributed by atoms with E-state index in [-0.39, 0.29) is 5.91 Å². The molecule has 0 aliphatic carbocycles. The number of likely N-dealkylation sites (tertiary alicyclic amines) is 1. The Morgan fingerprint density at radius 2 is 2.18 bits per heavy atom. The van der Waals surface area contributed by atoms with Crippen LogP contribution < -0.4 is 5.32 Å². The SMILES string of the molecule is COCCNc1nccnc1CC1CCCN(C(C)=O)CC1. The summed E-state index contributed by atoms with van der Waals surface area (Å²) in [6.07, 6.45) is 7.61. The van der Waals surface area contributed by atoms with Gasteiger partial charge in [0.25, 0.3) is 0 Å². The van der Waals surface area contributed by atoms with E-state index in [1.807, 2.05) is 4.90 Å². The number of ether oxygens (including phenoxy) is 1. The predicted octanol–water partition coefficient (Wildman–Crippen LogP) is 1.73. The summed E-state index contributed by atoms with van der Waals surface area (Å²) in [6.45, 7) is 4.76. The molecule has 2 rings (SSSR count). The topological polar surface area (TPSA) is 67.3 Å². The quantitative estimate of drug-likeness (QED) is 0.811. The van der Waals surface area contributed by atoms with Crippen LogP contribution in [0.15, 0.2) is 12.4 Å². The summed E-state index contributed by atoms with van der Waals surface area (Å²) >= 11 is 0. The van der Waals surface area contributed by atoms with Crippen molar-refractivity contribution in [3.63, 3.8) is 0 Å². The van der Waals surface area contributed by atoms with Gasteiger partial charge in [-0.15, -0.1) is 0 Å². The third kappa shape index (κ3) is 4.94. The van der Waals surface area contributed by atoms with E-state index in [9.17, 15) is 4.79 Å². The number of carbonyl (C=O) groups is 1. The van der Waals surface area contributed by atoms with E-state index in [0.29, 0.717) is 12.5 Å². The third-order valence-corrected chi connectivity index (χ3v) is 4.15. The van der Waals surface area contributed by atoms with Crippen molar-refractivity contribution in [3.8, 4) is 0 Å². The normalized spacial score (nSPS) is 18.8. The van der Waals surface area contributed by atoms with E-state index in [1.54, 1.807) is 26.4 Å². The van der Waals surface area contributed by atoms with Gasteiger partial charge in [-0.05, 0) is 31.6 Å². The largest absolute Gasteiger partial charge is 0.383 e. The van der Waals surface area contributed by atoms with Crippen molar-refractivity contribution in [2.24, 2.45) is 5.92 Å². The standard InChI is InChI=1S/C16H26N4O2/c1-13(21)20-9-3-4-14(5-10-20)12-15-16(18-7-6-17-15)19-8-11-22-2/h6-7,14H,3-5,8-12H2,1-2H3,(H,18,19). The van der Waals surface area contributed by atoms with Crippen LogP contribution >= 0.6 is 0 Å². The molecule has 1 aliphatic heterocycles.